The van der Waals surface area contributed by atoms with E-state index < -0.39 is 13.0 Å². The maximum Gasteiger partial charge on any atom is 0.265 e. The van der Waals surface area contributed by atoms with Gasteiger partial charge in [0.15, 0.2) is 5.82 Å². The van der Waals surface area contributed by atoms with E-state index in [0.717, 1.165) is 12.0 Å². The van der Waals surface area contributed by atoms with E-state index in [-0.39, 0.29) is 12.0 Å². The number of rotatable bonds is 9. The number of para-hydroxylation sites is 1. The summed E-state index contributed by atoms with van der Waals surface area (Å²) in [6.45, 7) is 4.65. The van der Waals surface area contributed by atoms with Crippen molar-refractivity contribution >= 4 is 59.2 Å². The summed E-state index contributed by atoms with van der Waals surface area (Å²) in [4.78, 5) is 22.9. The van der Waals surface area contributed by atoms with Crippen LogP contribution in [0.4, 0.5) is 23.1 Å². The van der Waals surface area contributed by atoms with Gasteiger partial charge in [-0.3, -0.25) is 4.79 Å². The Hall–Kier alpha value is -3.59. The molecule has 2 aromatic carbocycles. The van der Waals surface area contributed by atoms with Gasteiger partial charge in [-0.25, -0.2) is 4.98 Å². The summed E-state index contributed by atoms with van der Waals surface area (Å²) in [5, 5.41) is 7.33. The number of benzene rings is 2. The smallest absolute Gasteiger partial charge is 0.265 e. The molecule has 1 saturated heterocycles. The van der Waals surface area contributed by atoms with Crippen LogP contribution in [0.2, 0.25) is 5.02 Å². The Morgan fingerprint density at radius 2 is 1.97 bits per heavy atom. The van der Waals surface area contributed by atoms with Gasteiger partial charge < -0.3 is 36.3 Å². The molecule has 1 aliphatic rings. The average molecular weight is 556 g/mol. The van der Waals surface area contributed by atoms with Gasteiger partial charge in [0, 0.05) is 24.4 Å². The van der Waals surface area contributed by atoms with Crippen LogP contribution in [0.5, 0.6) is 5.75 Å². The summed E-state index contributed by atoms with van der Waals surface area (Å²) < 4.78 is 18.3. The molecule has 0 spiro atoms. The van der Waals surface area contributed by atoms with E-state index >= 15 is 0 Å². The van der Waals surface area contributed by atoms with Crippen molar-refractivity contribution < 1.29 is 14.1 Å². The van der Waals surface area contributed by atoms with Gasteiger partial charge in [-0.1, -0.05) is 29.8 Å². The Labute approximate surface area is 226 Å². The van der Waals surface area contributed by atoms with E-state index in [0.29, 0.717) is 52.1 Å². The lowest BCUT2D eigenvalue weighted by molar-refractivity contribution is -0.115. The van der Waals surface area contributed by atoms with Crippen molar-refractivity contribution in [1.29, 1.82) is 0 Å². The molecule has 0 bridgehead atoms. The first-order valence-electron chi connectivity index (χ1n) is 12.0. The van der Waals surface area contributed by atoms with Gasteiger partial charge >= 0.3 is 0 Å². The number of halogens is 1. The van der Waals surface area contributed by atoms with Crippen LogP contribution in [-0.4, -0.2) is 60.3 Å². The van der Waals surface area contributed by atoms with Crippen LogP contribution in [0, 0.1) is 0 Å². The fourth-order valence-corrected chi connectivity index (χ4v) is 5.50. The second-order valence-corrected chi connectivity index (χ2v) is 12.9. The topological polar surface area (TPSA) is 148 Å². The molecule has 0 radical (unpaired) electrons. The molecule has 1 unspecified atom stereocenters. The first kappa shape index (κ1) is 27.4. The molecule has 12 heteroatoms. The van der Waals surface area contributed by atoms with E-state index in [9.17, 15) is 9.36 Å². The second kappa shape index (κ2) is 11.4. The fraction of sp³-hybridized carbons (Fsp3) is 0.269. The van der Waals surface area contributed by atoms with Crippen LogP contribution < -0.4 is 32.1 Å². The molecular weight excluding hydrogens is 525 g/mol. The minimum atomic E-state index is -2.55. The van der Waals surface area contributed by atoms with E-state index in [4.69, 9.17) is 27.8 Å². The van der Waals surface area contributed by atoms with Gasteiger partial charge in [0.25, 0.3) is 5.91 Å². The number of carbonyl (C=O) groups is 1. The van der Waals surface area contributed by atoms with E-state index in [1.165, 1.54) is 6.20 Å². The highest BCUT2D eigenvalue weighted by Gasteiger charge is 2.24. The molecule has 1 amide bonds. The quantitative estimate of drug-likeness (QED) is 0.229. The minimum absolute atomic E-state index is 0.00394. The molecule has 38 heavy (non-hydrogen) atoms. The van der Waals surface area contributed by atoms with Crippen LogP contribution in [0.1, 0.15) is 12.0 Å². The number of likely N-dealkylation sites (tertiary alicyclic amines) is 1. The lowest BCUT2D eigenvalue weighted by atomic mass is 10.1. The van der Waals surface area contributed by atoms with Gasteiger partial charge in [-0.2, -0.15) is 4.98 Å². The Kier molecular flexibility index (Phi) is 8.26. The summed E-state index contributed by atoms with van der Waals surface area (Å²) in [5.74, 6) is 0.625. The van der Waals surface area contributed by atoms with Gasteiger partial charge in [0.2, 0.25) is 5.95 Å². The molecule has 1 atom stereocenters. The number of nitrogens with zero attached hydrogens (tertiary/aromatic N) is 3. The zero-order chi connectivity index (χ0) is 27.4. The molecule has 0 saturated carbocycles. The van der Waals surface area contributed by atoms with Crippen LogP contribution in [0.3, 0.4) is 0 Å². The third-order valence-corrected chi connectivity index (χ3v) is 7.90. The van der Waals surface area contributed by atoms with Gasteiger partial charge in [-0.15, -0.1) is 0 Å². The molecule has 10 nitrogen and oxygen atoms in total. The van der Waals surface area contributed by atoms with Crippen molar-refractivity contribution in [3.63, 3.8) is 0 Å². The highest BCUT2D eigenvalue weighted by atomic mass is 35.5. The summed E-state index contributed by atoms with van der Waals surface area (Å²) >= 11 is 6.38. The molecule has 1 aromatic heterocycles. The fourth-order valence-electron chi connectivity index (χ4n) is 4.21. The van der Waals surface area contributed by atoms with Crippen LogP contribution in [0.15, 0.2) is 54.4 Å². The SMILES string of the molecule is COc1ccc(C=C(C(N)=O)N2CCC(N)C2)cc1Nc1ncc(Cl)c(Nc2ccccc2P(C)(C)=O)n1. The van der Waals surface area contributed by atoms with E-state index in [1.54, 1.807) is 32.6 Å². The largest absolute Gasteiger partial charge is 0.495 e. The number of anilines is 4. The second-order valence-electron chi connectivity index (χ2n) is 9.36. The van der Waals surface area contributed by atoms with Crippen LogP contribution >= 0.6 is 18.7 Å². The molecular formula is C26H31ClN7O3P. The van der Waals surface area contributed by atoms with Crippen molar-refractivity contribution in [2.75, 3.05) is 44.2 Å². The third-order valence-electron chi connectivity index (χ3n) is 6.07. The summed E-state index contributed by atoms with van der Waals surface area (Å²) in [6, 6.07) is 12.7. The third kappa shape index (κ3) is 6.45. The van der Waals surface area contributed by atoms with Crippen molar-refractivity contribution in [1.82, 2.24) is 14.9 Å². The lowest BCUT2D eigenvalue weighted by Gasteiger charge is -2.19. The Morgan fingerprint density at radius 3 is 2.63 bits per heavy atom. The number of hydrogen-bond acceptors (Lipinski definition) is 9. The molecule has 1 fully saturated rings. The number of nitrogens with two attached hydrogens (primary N) is 2. The van der Waals surface area contributed by atoms with Crippen molar-refractivity contribution in [3.8, 4) is 5.75 Å². The number of ether oxygens (including phenoxy) is 1. The lowest BCUT2D eigenvalue weighted by Crippen LogP contribution is -2.32. The first-order valence-corrected chi connectivity index (χ1v) is 14.9. The zero-order valence-electron chi connectivity index (χ0n) is 21.4. The molecule has 6 N–H and O–H groups in total. The number of aromatic nitrogens is 2. The van der Waals surface area contributed by atoms with Gasteiger partial charge in [0.1, 0.15) is 23.6 Å². The zero-order valence-corrected chi connectivity index (χ0v) is 23.1. The monoisotopic (exact) mass is 555 g/mol. The number of methoxy groups -OCH3 is 1. The van der Waals surface area contributed by atoms with Crippen molar-refractivity contribution in [2.45, 2.75) is 12.5 Å². The Balaban J connectivity index is 1.64. The number of carbonyl (C=O) groups excluding carboxylic acids is 1. The summed E-state index contributed by atoms with van der Waals surface area (Å²) in [6.07, 6.45) is 3.99. The molecule has 0 aliphatic carbocycles. The normalized spacial score (nSPS) is 15.9. The number of amides is 1. The maximum atomic E-state index is 12.8. The summed E-state index contributed by atoms with van der Waals surface area (Å²) in [5.41, 5.74) is 14.0. The number of nitrogens with one attached hydrogen (secondary N) is 2. The Morgan fingerprint density at radius 1 is 1.21 bits per heavy atom. The van der Waals surface area contributed by atoms with Crippen molar-refractivity contribution in [2.24, 2.45) is 11.5 Å². The molecule has 3 aromatic rings. The molecule has 2 heterocycles. The molecule has 1 aliphatic heterocycles. The molecule has 4 rings (SSSR count). The van der Waals surface area contributed by atoms with E-state index in [2.05, 4.69) is 20.6 Å². The van der Waals surface area contributed by atoms with Crippen molar-refractivity contribution in [3.05, 3.63) is 64.9 Å². The minimum Gasteiger partial charge on any atom is -0.495 e. The van der Waals surface area contributed by atoms with Gasteiger partial charge in [0.05, 0.1) is 24.7 Å². The van der Waals surface area contributed by atoms with Crippen LogP contribution in [-0.2, 0) is 9.36 Å². The maximum absolute atomic E-state index is 12.8. The summed E-state index contributed by atoms with van der Waals surface area (Å²) in [7, 11) is -0.999. The average Bonchev–Trinajstić information content (AvgIpc) is 3.30. The van der Waals surface area contributed by atoms with Crippen LogP contribution in [0.25, 0.3) is 6.08 Å². The predicted molar refractivity (Wildman–Crippen MR) is 153 cm³/mol. The first-order chi connectivity index (χ1) is 18.0. The standard InChI is InChI=1S/C26H31ClN7O3P/c1-37-22-9-8-16(13-21(24(29)35)34-11-10-17(28)15-34)12-20(22)32-26-30-14-18(27)25(33-26)31-19-6-4-5-7-23(19)38(2,3)36/h4-9,12-14,17H,10-11,15,28H2,1-3H3,(H2,29,35)(H2,30,31,32,33). The van der Waals surface area contributed by atoms with E-state index in [1.807, 2.05) is 41.3 Å². The highest BCUT2D eigenvalue weighted by Crippen LogP contribution is 2.39. The Bertz CT molecular complexity index is 1430. The highest BCUT2D eigenvalue weighted by molar-refractivity contribution is 7.70. The molecule has 200 valence electrons. The number of primary amides is 1. The predicted octanol–water partition coefficient (Wildman–Crippen LogP) is 3.73. The number of hydrogen-bond donors (Lipinski definition) is 4. The van der Waals surface area contributed by atoms with Gasteiger partial charge in [-0.05, 0) is 55.7 Å².